The smallest absolute Gasteiger partial charge is 0.268 e. The molecule has 1 aromatic heterocycles. The van der Waals surface area contributed by atoms with Gasteiger partial charge < -0.3 is 10.1 Å². The fraction of sp³-hybridized carbons (Fsp3) is 0.263. The van der Waals surface area contributed by atoms with Gasteiger partial charge in [-0.2, -0.15) is 0 Å². The summed E-state index contributed by atoms with van der Waals surface area (Å²) in [6, 6.07) is 15.0. The highest BCUT2D eigenvalue weighted by Gasteiger charge is 2.10. The number of amides is 1. The van der Waals surface area contributed by atoms with Crippen LogP contribution in [0.15, 0.2) is 53.3 Å². The Morgan fingerprint density at radius 3 is 2.56 bits per heavy atom. The van der Waals surface area contributed by atoms with Gasteiger partial charge in [-0.05, 0) is 43.7 Å². The lowest BCUT2D eigenvalue weighted by molar-refractivity contribution is -0.121. The quantitative estimate of drug-likeness (QED) is 0.738. The van der Waals surface area contributed by atoms with Crippen LogP contribution in [0.5, 0.6) is 5.75 Å². The molecule has 0 unspecified atom stereocenters. The van der Waals surface area contributed by atoms with Crippen LogP contribution in [0.3, 0.4) is 0 Å². The van der Waals surface area contributed by atoms with Crippen molar-refractivity contribution in [3.05, 3.63) is 64.4 Å². The number of carbonyl (C=O) groups is 1. The van der Waals surface area contributed by atoms with Gasteiger partial charge in [0.25, 0.3) is 5.56 Å². The highest BCUT2D eigenvalue weighted by molar-refractivity contribution is 7.13. The summed E-state index contributed by atoms with van der Waals surface area (Å²) in [4.78, 5) is 24.4. The van der Waals surface area contributed by atoms with Crippen LogP contribution < -0.4 is 15.6 Å². The molecule has 0 bridgehead atoms. The van der Waals surface area contributed by atoms with Crippen molar-refractivity contribution in [2.75, 3.05) is 0 Å². The maximum Gasteiger partial charge on any atom is 0.268 e. The maximum atomic E-state index is 12.2. The van der Waals surface area contributed by atoms with Crippen molar-refractivity contribution >= 4 is 27.5 Å². The predicted molar refractivity (Wildman–Crippen MR) is 100 cm³/mol. The van der Waals surface area contributed by atoms with Crippen LogP contribution in [0, 0.1) is 0 Å². The molecular weight excluding hydrogens is 336 g/mol. The number of carbonyl (C=O) groups excluding carboxylic acids is 1. The van der Waals surface area contributed by atoms with Crippen LogP contribution >= 0.6 is 11.5 Å². The van der Waals surface area contributed by atoms with E-state index in [4.69, 9.17) is 4.74 Å². The van der Waals surface area contributed by atoms with Gasteiger partial charge in [-0.25, -0.2) is 0 Å². The molecule has 0 saturated carbocycles. The SMILES string of the molecule is CC(C)Oc1ccc(CNC(=O)Cn2sc3ccccc3c2=O)cc1. The Balaban J connectivity index is 1.59. The summed E-state index contributed by atoms with van der Waals surface area (Å²) < 4.78 is 7.97. The summed E-state index contributed by atoms with van der Waals surface area (Å²) in [7, 11) is 0. The van der Waals surface area contributed by atoms with Crippen molar-refractivity contribution in [2.24, 2.45) is 0 Å². The summed E-state index contributed by atoms with van der Waals surface area (Å²) in [5.41, 5.74) is 0.860. The van der Waals surface area contributed by atoms with Crippen molar-refractivity contribution in [1.82, 2.24) is 9.27 Å². The molecule has 3 rings (SSSR count). The number of rotatable bonds is 6. The van der Waals surface area contributed by atoms with Gasteiger partial charge in [0.2, 0.25) is 5.91 Å². The molecule has 0 fully saturated rings. The van der Waals surface area contributed by atoms with E-state index < -0.39 is 0 Å². The monoisotopic (exact) mass is 356 g/mol. The number of ether oxygens (including phenoxy) is 1. The molecule has 0 spiro atoms. The number of nitrogens with one attached hydrogen (secondary N) is 1. The molecule has 130 valence electrons. The molecule has 1 heterocycles. The zero-order chi connectivity index (χ0) is 17.8. The van der Waals surface area contributed by atoms with Crippen LogP contribution in [0.1, 0.15) is 19.4 Å². The normalized spacial score (nSPS) is 11.0. The van der Waals surface area contributed by atoms with E-state index in [0.717, 1.165) is 16.0 Å². The molecule has 1 amide bonds. The van der Waals surface area contributed by atoms with Crippen LogP contribution in [0.2, 0.25) is 0 Å². The first-order valence-corrected chi connectivity index (χ1v) is 8.91. The third kappa shape index (κ3) is 4.28. The average Bonchev–Trinajstić information content (AvgIpc) is 2.90. The van der Waals surface area contributed by atoms with Crippen molar-refractivity contribution in [2.45, 2.75) is 33.0 Å². The summed E-state index contributed by atoms with van der Waals surface area (Å²) >= 11 is 1.31. The van der Waals surface area contributed by atoms with E-state index >= 15 is 0 Å². The van der Waals surface area contributed by atoms with Crippen LogP contribution in [-0.4, -0.2) is 16.0 Å². The van der Waals surface area contributed by atoms with Crippen LogP contribution in [0.4, 0.5) is 0 Å². The van der Waals surface area contributed by atoms with Gasteiger partial charge in [-0.3, -0.25) is 13.5 Å². The summed E-state index contributed by atoms with van der Waals surface area (Å²) in [6.45, 7) is 4.40. The van der Waals surface area contributed by atoms with E-state index in [0.29, 0.717) is 11.9 Å². The lowest BCUT2D eigenvalue weighted by atomic mass is 10.2. The maximum absolute atomic E-state index is 12.2. The summed E-state index contributed by atoms with van der Waals surface area (Å²) in [5.74, 6) is 0.623. The zero-order valence-electron chi connectivity index (χ0n) is 14.2. The van der Waals surface area contributed by atoms with E-state index in [-0.39, 0.29) is 24.1 Å². The number of benzene rings is 2. The van der Waals surface area contributed by atoms with Crippen molar-refractivity contribution in [1.29, 1.82) is 0 Å². The Kier molecular flexibility index (Phi) is 5.19. The minimum Gasteiger partial charge on any atom is -0.491 e. The standard InChI is InChI=1S/C19H20N2O3S/c1-13(2)24-15-9-7-14(8-10-15)11-20-18(22)12-21-19(23)16-5-3-4-6-17(16)25-21/h3-10,13H,11-12H2,1-2H3,(H,20,22). The Morgan fingerprint density at radius 1 is 1.16 bits per heavy atom. The molecule has 3 aromatic rings. The lowest BCUT2D eigenvalue weighted by Gasteiger charge is -2.10. The van der Waals surface area contributed by atoms with Gasteiger partial charge in [0.05, 0.1) is 16.2 Å². The Hall–Kier alpha value is -2.60. The molecule has 0 atom stereocenters. The molecule has 5 nitrogen and oxygen atoms in total. The van der Waals surface area contributed by atoms with Crippen molar-refractivity contribution < 1.29 is 9.53 Å². The van der Waals surface area contributed by atoms with Crippen LogP contribution in [-0.2, 0) is 17.9 Å². The van der Waals surface area contributed by atoms with Crippen molar-refractivity contribution in [3.63, 3.8) is 0 Å². The molecule has 0 aliphatic carbocycles. The Bertz CT molecular complexity index is 926. The summed E-state index contributed by atoms with van der Waals surface area (Å²) in [5, 5.41) is 3.50. The highest BCUT2D eigenvalue weighted by atomic mass is 32.1. The van der Waals surface area contributed by atoms with E-state index in [1.54, 1.807) is 6.07 Å². The first-order valence-electron chi connectivity index (χ1n) is 8.14. The number of hydrogen-bond acceptors (Lipinski definition) is 4. The van der Waals surface area contributed by atoms with Gasteiger partial charge >= 0.3 is 0 Å². The second-order valence-corrected chi connectivity index (χ2v) is 7.08. The van der Waals surface area contributed by atoms with Gasteiger partial charge in [-0.1, -0.05) is 35.8 Å². The minimum atomic E-state index is -0.184. The molecule has 25 heavy (non-hydrogen) atoms. The summed E-state index contributed by atoms with van der Waals surface area (Å²) in [6.07, 6.45) is 0.130. The number of fused-ring (bicyclic) bond motifs is 1. The van der Waals surface area contributed by atoms with Crippen LogP contribution in [0.25, 0.3) is 10.1 Å². The first-order chi connectivity index (χ1) is 12.0. The largest absolute Gasteiger partial charge is 0.491 e. The number of hydrogen-bond donors (Lipinski definition) is 1. The second kappa shape index (κ2) is 7.53. The number of aromatic nitrogens is 1. The first kappa shape index (κ1) is 17.2. The lowest BCUT2D eigenvalue weighted by Crippen LogP contribution is -2.29. The number of nitrogens with zero attached hydrogens (tertiary/aromatic N) is 1. The third-order valence-corrected chi connectivity index (χ3v) is 4.69. The predicted octanol–water partition coefficient (Wildman–Crippen LogP) is 3.17. The molecule has 0 saturated heterocycles. The third-order valence-electron chi connectivity index (χ3n) is 3.62. The van der Waals surface area contributed by atoms with Gasteiger partial charge in [0.1, 0.15) is 12.3 Å². The van der Waals surface area contributed by atoms with Gasteiger partial charge in [0.15, 0.2) is 0 Å². The zero-order valence-corrected chi connectivity index (χ0v) is 15.0. The molecule has 0 radical (unpaired) electrons. The molecule has 0 aliphatic rings. The van der Waals surface area contributed by atoms with Gasteiger partial charge in [0, 0.05) is 6.54 Å². The fourth-order valence-corrected chi connectivity index (χ4v) is 3.46. The average molecular weight is 356 g/mol. The highest BCUT2D eigenvalue weighted by Crippen LogP contribution is 2.16. The van der Waals surface area contributed by atoms with E-state index in [1.807, 2.05) is 56.3 Å². The Labute approximate surface area is 150 Å². The molecule has 0 aliphatic heterocycles. The van der Waals surface area contributed by atoms with E-state index in [2.05, 4.69) is 5.32 Å². The minimum absolute atomic E-state index is 0.0344. The molecule has 1 N–H and O–H groups in total. The molecule has 2 aromatic carbocycles. The molecular formula is C19H20N2O3S. The van der Waals surface area contributed by atoms with E-state index in [9.17, 15) is 9.59 Å². The molecule has 6 heteroatoms. The van der Waals surface area contributed by atoms with Crippen molar-refractivity contribution in [3.8, 4) is 5.75 Å². The Morgan fingerprint density at radius 2 is 1.88 bits per heavy atom. The topological polar surface area (TPSA) is 60.3 Å². The van der Waals surface area contributed by atoms with E-state index in [1.165, 1.54) is 15.5 Å². The van der Waals surface area contributed by atoms with Gasteiger partial charge in [-0.15, -0.1) is 0 Å². The second-order valence-electron chi connectivity index (χ2n) is 6.02. The fourth-order valence-electron chi connectivity index (χ4n) is 2.47.